The molecule has 0 atom stereocenters. The Hall–Kier alpha value is -1.23. The summed E-state index contributed by atoms with van der Waals surface area (Å²) in [4.78, 5) is 13.2. The molecule has 7 nitrogen and oxygen atoms in total. The van der Waals surface area contributed by atoms with Crippen molar-refractivity contribution < 1.29 is 4.52 Å². The summed E-state index contributed by atoms with van der Waals surface area (Å²) < 4.78 is 4.93. The van der Waals surface area contributed by atoms with E-state index in [-0.39, 0.29) is 24.0 Å². The van der Waals surface area contributed by atoms with Crippen LogP contribution >= 0.6 is 35.3 Å². The van der Waals surface area contributed by atoms with Crippen molar-refractivity contribution in [3.05, 3.63) is 27.8 Å². The molecule has 0 aliphatic carbocycles. The number of aryl methyl sites for hydroxylation is 1. The van der Waals surface area contributed by atoms with Crippen LogP contribution in [-0.2, 0) is 13.1 Å². The van der Waals surface area contributed by atoms with Gasteiger partial charge in [-0.15, -0.1) is 35.3 Å². The number of aliphatic imine (C=N–C) groups is 1. The van der Waals surface area contributed by atoms with Crippen LogP contribution in [0.4, 0.5) is 0 Å². The molecule has 0 aliphatic rings. The van der Waals surface area contributed by atoms with Gasteiger partial charge in [0.2, 0.25) is 5.89 Å². The van der Waals surface area contributed by atoms with Crippen molar-refractivity contribution >= 4 is 41.3 Å². The molecular weight excluding hydrogens is 427 g/mol. The summed E-state index contributed by atoms with van der Waals surface area (Å²) >= 11 is 1.66. The molecule has 0 unspecified atom stereocenters. The number of aromatic nitrogens is 3. The van der Waals surface area contributed by atoms with Crippen LogP contribution in [0.25, 0.3) is 0 Å². The molecule has 9 heteroatoms. The molecule has 0 spiro atoms. The Morgan fingerprint density at radius 2 is 2.13 bits per heavy atom. The van der Waals surface area contributed by atoms with Crippen molar-refractivity contribution in [2.75, 3.05) is 6.54 Å². The number of hydrogen-bond acceptors (Lipinski definition) is 6. The van der Waals surface area contributed by atoms with Crippen LogP contribution in [-0.4, -0.2) is 27.6 Å². The van der Waals surface area contributed by atoms with Crippen molar-refractivity contribution in [1.29, 1.82) is 0 Å². The molecule has 0 aliphatic heterocycles. The minimum atomic E-state index is 0. The summed E-state index contributed by atoms with van der Waals surface area (Å²) in [7, 11) is 0. The van der Waals surface area contributed by atoms with E-state index in [1.165, 1.54) is 0 Å². The molecule has 2 heterocycles. The molecule has 0 amide bonds. The molecule has 2 aromatic rings. The second kappa shape index (κ2) is 9.81. The molecular formula is C14H23IN6OS. The molecule has 23 heavy (non-hydrogen) atoms. The van der Waals surface area contributed by atoms with Crippen LogP contribution in [0.1, 0.15) is 49.1 Å². The van der Waals surface area contributed by atoms with Crippen molar-refractivity contribution in [2.45, 2.75) is 46.7 Å². The summed E-state index contributed by atoms with van der Waals surface area (Å²) in [6, 6.07) is 0. The third kappa shape index (κ3) is 6.42. The van der Waals surface area contributed by atoms with E-state index in [4.69, 9.17) is 4.52 Å². The number of hydrogen-bond donors (Lipinski definition) is 2. The van der Waals surface area contributed by atoms with Crippen LogP contribution in [0.3, 0.4) is 0 Å². The van der Waals surface area contributed by atoms with Gasteiger partial charge in [0.05, 0.1) is 12.2 Å². The summed E-state index contributed by atoms with van der Waals surface area (Å²) in [5.74, 6) is 2.29. The van der Waals surface area contributed by atoms with Crippen LogP contribution in [0.5, 0.6) is 0 Å². The standard InChI is InChI=1S/C14H22N6OS.HI/c1-5-15-14(16-6-12-18-10(4)21-20-12)17-7-13-19-11(8-22-13)9(2)3;/h8-9H,5-7H2,1-4H3,(H2,15,16,17);1H. The Labute approximate surface area is 157 Å². The SMILES string of the molecule is CCNC(=NCc1noc(C)n1)NCc1nc(C(C)C)cs1.I. The molecule has 0 fully saturated rings. The van der Waals surface area contributed by atoms with Crippen LogP contribution < -0.4 is 10.6 Å². The fourth-order valence-corrected chi connectivity index (χ4v) is 2.62. The average molecular weight is 450 g/mol. The zero-order valence-corrected chi connectivity index (χ0v) is 16.9. The summed E-state index contributed by atoms with van der Waals surface area (Å²) in [5.41, 5.74) is 1.13. The molecule has 128 valence electrons. The number of halogens is 1. The summed E-state index contributed by atoms with van der Waals surface area (Å²) in [6.07, 6.45) is 0. The largest absolute Gasteiger partial charge is 0.357 e. The minimum absolute atomic E-state index is 0. The van der Waals surface area contributed by atoms with Gasteiger partial charge in [0, 0.05) is 18.8 Å². The molecule has 0 aromatic carbocycles. The quantitative estimate of drug-likeness (QED) is 0.400. The van der Waals surface area contributed by atoms with Crippen molar-refractivity contribution in [3.8, 4) is 0 Å². The second-order valence-corrected chi connectivity index (χ2v) is 6.04. The van der Waals surface area contributed by atoms with Gasteiger partial charge >= 0.3 is 0 Å². The third-order valence-electron chi connectivity index (χ3n) is 2.86. The lowest BCUT2D eigenvalue weighted by molar-refractivity contribution is 0.387. The van der Waals surface area contributed by atoms with Gasteiger partial charge in [-0.25, -0.2) is 9.98 Å². The highest BCUT2D eigenvalue weighted by Gasteiger charge is 2.07. The van der Waals surface area contributed by atoms with E-state index in [9.17, 15) is 0 Å². The Morgan fingerprint density at radius 3 is 2.70 bits per heavy atom. The summed E-state index contributed by atoms with van der Waals surface area (Å²) in [6.45, 7) is 9.88. The van der Waals surface area contributed by atoms with E-state index in [1.807, 2.05) is 6.92 Å². The van der Waals surface area contributed by atoms with Gasteiger partial charge in [0.15, 0.2) is 11.8 Å². The zero-order valence-electron chi connectivity index (χ0n) is 13.8. The maximum Gasteiger partial charge on any atom is 0.223 e. The number of guanidine groups is 1. The smallest absolute Gasteiger partial charge is 0.223 e. The van der Waals surface area contributed by atoms with Gasteiger partial charge in [0.1, 0.15) is 11.6 Å². The van der Waals surface area contributed by atoms with Crippen molar-refractivity contribution in [3.63, 3.8) is 0 Å². The Morgan fingerprint density at radius 1 is 1.35 bits per heavy atom. The molecule has 0 radical (unpaired) electrons. The molecule has 2 N–H and O–H groups in total. The molecule has 0 saturated carbocycles. The molecule has 0 bridgehead atoms. The Bertz CT molecular complexity index is 624. The first-order valence-electron chi connectivity index (χ1n) is 7.34. The van der Waals surface area contributed by atoms with Gasteiger partial charge in [0.25, 0.3) is 0 Å². The van der Waals surface area contributed by atoms with Gasteiger partial charge in [-0.3, -0.25) is 0 Å². The van der Waals surface area contributed by atoms with Gasteiger partial charge in [-0.2, -0.15) is 4.98 Å². The third-order valence-corrected chi connectivity index (χ3v) is 3.73. The maximum absolute atomic E-state index is 4.93. The van der Waals surface area contributed by atoms with E-state index in [2.05, 4.69) is 50.0 Å². The Balaban J connectivity index is 0.00000264. The first-order chi connectivity index (χ1) is 10.6. The van der Waals surface area contributed by atoms with Crippen molar-refractivity contribution in [2.24, 2.45) is 4.99 Å². The fraction of sp³-hybridized carbons (Fsp3) is 0.571. The first-order valence-corrected chi connectivity index (χ1v) is 8.22. The van der Waals surface area contributed by atoms with Crippen LogP contribution in [0.15, 0.2) is 14.9 Å². The first kappa shape index (κ1) is 19.8. The average Bonchev–Trinajstić information content (AvgIpc) is 3.11. The monoisotopic (exact) mass is 450 g/mol. The lowest BCUT2D eigenvalue weighted by Gasteiger charge is -2.09. The van der Waals surface area contributed by atoms with E-state index < -0.39 is 0 Å². The maximum atomic E-state index is 4.93. The van der Waals surface area contributed by atoms with E-state index in [1.54, 1.807) is 18.3 Å². The molecule has 2 aromatic heterocycles. The normalized spacial score (nSPS) is 11.4. The topological polar surface area (TPSA) is 88.2 Å². The highest BCUT2D eigenvalue weighted by Crippen LogP contribution is 2.17. The van der Waals surface area contributed by atoms with Gasteiger partial charge < -0.3 is 15.2 Å². The van der Waals surface area contributed by atoms with Gasteiger partial charge in [-0.1, -0.05) is 19.0 Å². The predicted molar refractivity (Wildman–Crippen MR) is 102 cm³/mol. The number of nitrogens with zero attached hydrogens (tertiary/aromatic N) is 4. The fourth-order valence-electron chi connectivity index (χ4n) is 1.73. The lowest BCUT2D eigenvalue weighted by Crippen LogP contribution is -2.36. The zero-order chi connectivity index (χ0) is 15.9. The molecule has 2 rings (SSSR count). The minimum Gasteiger partial charge on any atom is -0.357 e. The number of rotatable bonds is 6. The van der Waals surface area contributed by atoms with Gasteiger partial charge in [-0.05, 0) is 12.8 Å². The number of thiazole rings is 1. The predicted octanol–water partition coefficient (Wildman–Crippen LogP) is 2.83. The number of nitrogens with one attached hydrogen (secondary N) is 2. The lowest BCUT2D eigenvalue weighted by atomic mass is 10.2. The van der Waals surface area contributed by atoms with E-state index in [0.29, 0.717) is 36.7 Å². The van der Waals surface area contributed by atoms with E-state index in [0.717, 1.165) is 17.2 Å². The highest BCUT2D eigenvalue weighted by atomic mass is 127. The Kier molecular flexibility index (Phi) is 8.45. The van der Waals surface area contributed by atoms with E-state index >= 15 is 0 Å². The summed E-state index contributed by atoms with van der Waals surface area (Å²) in [5, 5.41) is 13.4. The molecule has 0 saturated heterocycles. The highest BCUT2D eigenvalue weighted by molar-refractivity contribution is 14.0. The second-order valence-electron chi connectivity index (χ2n) is 5.10. The van der Waals surface area contributed by atoms with Crippen LogP contribution in [0.2, 0.25) is 0 Å². The van der Waals surface area contributed by atoms with Crippen molar-refractivity contribution in [1.82, 2.24) is 25.8 Å². The van der Waals surface area contributed by atoms with Crippen LogP contribution in [0, 0.1) is 6.92 Å².